The molecule has 28 heavy (non-hydrogen) atoms. The number of nitrogens with one attached hydrogen (secondary N) is 2. The van der Waals surface area contributed by atoms with Crippen molar-refractivity contribution in [2.45, 2.75) is 25.3 Å². The summed E-state index contributed by atoms with van der Waals surface area (Å²) in [5.74, 6) is 0.106. The van der Waals surface area contributed by atoms with Crippen LogP contribution >= 0.6 is 11.3 Å². The van der Waals surface area contributed by atoms with Gasteiger partial charge in [0.05, 0.1) is 18.0 Å². The Morgan fingerprint density at radius 1 is 1.29 bits per heavy atom. The molecule has 2 N–H and O–H groups in total. The Kier molecular flexibility index (Phi) is 5.45. The first-order valence-electron chi connectivity index (χ1n) is 9.42. The second-order valence-corrected chi connectivity index (χ2v) is 7.80. The van der Waals surface area contributed by atoms with E-state index in [2.05, 4.69) is 10.6 Å². The predicted octanol–water partition coefficient (Wildman–Crippen LogP) is 4.08. The lowest BCUT2D eigenvalue weighted by Crippen LogP contribution is -2.44. The molecule has 0 saturated carbocycles. The number of ether oxygens (including phenoxy) is 1. The number of anilines is 2. The number of thiophene rings is 1. The van der Waals surface area contributed by atoms with Gasteiger partial charge in [0.1, 0.15) is 6.04 Å². The van der Waals surface area contributed by atoms with Crippen LogP contribution in [0.25, 0.3) is 0 Å². The fraction of sp³-hybridized carbons (Fsp3) is 0.333. The summed E-state index contributed by atoms with van der Waals surface area (Å²) in [4.78, 5) is 29.0. The summed E-state index contributed by atoms with van der Waals surface area (Å²) >= 11 is 1.56. The summed E-state index contributed by atoms with van der Waals surface area (Å²) in [5.41, 5.74) is 3.23. The maximum atomic E-state index is 13.3. The summed E-state index contributed by atoms with van der Waals surface area (Å²) < 4.78 is 5.07. The third-order valence-corrected chi connectivity index (χ3v) is 5.98. The number of ketones is 1. The van der Waals surface area contributed by atoms with Crippen molar-refractivity contribution in [2.24, 2.45) is 0 Å². The summed E-state index contributed by atoms with van der Waals surface area (Å²) in [6.07, 6.45) is 2.14. The summed E-state index contributed by atoms with van der Waals surface area (Å²) in [5, 5.41) is 8.36. The normalized spacial score (nSPS) is 18.8. The minimum atomic E-state index is -0.443. The van der Waals surface area contributed by atoms with E-state index >= 15 is 0 Å². The monoisotopic (exact) mass is 397 g/mol. The standard InChI is InChI=1S/C21H23N3O3S/c1-27-12-11-22-21(26)24-16-8-3-2-6-14(16)23-15-7-4-9-17(25)19(15)20(24)18-10-5-13-28-18/h2-3,5-6,8,10,13,20,23H,4,7,9,11-12H2,1H3,(H,22,26)/t20-/m1/s1. The van der Waals surface area contributed by atoms with Gasteiger partial charge >= 0.3 is 6.03 Å². The number of carbonyl (C=O) groups is 2. The Balaban J connectivity index is 1.87. The highest BCUT2D eigenvalue weighted by atomic mass is 32.1. The van der Waals surface area contributed by atoms with Gasteiger partial charge < -0.3 is 15.4 Å². The molecule has 0 saturated heterocycles. The summed E-state index contributed by atoms with van der Waals surface area (Å²) in [6, 6.07) is 11.0. The minimum absolute atomic E-state index is 0.106. The molecule has 146 valence electrons. The van der Waals surface area contributed by atoms with Gasteiger partial charge in [0.15, 0.2) is 5.78 Å². The van der Waals surface area contributed by atoms with E-state index in [1.807, 2.05) is 41.8 Å². The molecule has 1 aromatic carbocycles. The van der Waals surface area contributed by atoms with Crippen LogP contribution in [0.1, 0.15) is 30.2 Å². The van der Waals surface area contributed by atoms with Crippen LogP contribution in [0, 0.1) is 0 Å². The van der Waals surface area contributed by atoms with E-state index in [-0.39, 0.29) is 11.8 Å². The molecule has 0 fully saturated rings. The first kappa shape index (κ1) is 18.7. The Morgan fingerprint density at radius 3 is 2.93 bits per heavy atom. The van der Waals surface area contributed by atoms with Gasteiger partial charge in [0, 0.05) is 36.2 Å². The molecule has 6 nitrogen and oxygen atoms in total. The Morgan fingerprint density at radius 2 is 2.14 bits per heavy atom. The fourth-order valence-electron chi connectivity index (χ4n) is 3.82. The predicted molar refractivity (Wildman–Crippen MR) is 111 cm³/mol. The van der Waals surface area contributed by atoms with E-state index in [9.17, 15) is 9.59 Å². The minimum Gasteiger partial charge on any atom is -0.383 e. The number of hydrogen-bond donors (Lipinski definition) is 2. The van der Waals surface area contributed by atoms with Crippen LogP contribution in [0.4, 0.5) is 16.2 Å². The SMILES string of the molecule is COCCNC(=O)N1c2ccccc2NC2=C(C(=O)CCC2)[C@H]1c1cccs1. The number of amides is 2. The van der Waals surface area contributed by atoms with Gasteiger partial charge in [0.2, 0.25) is 0 Å². The van der Waals surface area contributed by atoms with Crippen LogP contribution < -0.4 is 15.5 Å². The summed E-state index contributed by atoms with van der Waals surface area (Å²) in [6.45, 7) is 0.828. The van der Waals surface area contributed by atoms with Crippen molar-refractivity contribution in [3.05, 3.63) is 57.9 Å². The van der Waals surface area contributed by atoms with Crippen molar-refractivity contribution < 1.29 is 14.3 Å². The Bertz CT molecular complexity index is 907. The smallest absolute Gasteiger partial charge is 0.322 e. The first-order valence-corrected chi connectivity index (χ1v) is 10.3. The van der Waals surface area contributed by atoms with E-state index in [0.29, 0.717) is 25.1 Å². The average molecular weight is 398 g/mol. The second-order valence-electron chi connectivity index (χ2n) is 6.82. The molecule has 2 amide bonds. The van der Waals surface area contributed by atoms with Gasteiger partial charge in [-0.1, -0.05) is 18.2 Å². The number of para-hydroxylation sites is 2. The van der Waals surface area contributed by atoms with Crippen molar-refractivity contribution >= 4 is 34.5 Å². The second kappa shape index (κ2) is 8.16. The third-order valence-electron chi connectivity index (χ3n) is 5.05. The number of methoxy groups -OCH3 is 1. The third kappa shape index (κ3) is 3.43. The van der Waals surface area contributed by atoms with Crippen molar-refractivity contribution in [1.82, 2.24) is 5.32 Å². The zero-order chi connectivity index (χ0) is 19.5. The largest absolute Gasteiger partial charge is 0.383 e. The lowest BCUT2D eigenvalue weighted by molar-refractivity contribution is -0.116. The lowest BCUT2D eigenvalue weighted by atomic mass is 9.88. The van der Waals surface area contributed by atoms with E-state index < -0.39 is 6.04 Å². The number of hydrogen-bond acceptors (Lipinski definition) is 5. The van der Waals surface area contributed by atoms with E-state index in [1.54, 1.807) is 23.3 Å². The number of fused-ring (bicyclic) bond motifs is 1. The van der Waals surface area contributed by atoms with Gasteiger partial charge in [0.25, 0.3) is 0 Å². The van der Waals surface area contributed by atoms with Gasteiger partial charge in [-0.3, -0.25) is 9.69 Å². The number of Topliss-reactive ketones (excluding diaryl/α,β-unsaturated/α-hetero) is 1. The maximum Gasteiger partial charge on any atom is 0.322 e. The maximum absolute atomic E-state index is 13.3. The topological polar surface area (TPSA) is 70.7 Å². The molecule has 0 unspecified atom stereocenters. The molecule has 0 spiro atoms. The molecule has 1 aliphatic carbocycles. The average Bonchev–Trinajstić information content (AvgIpc) is 3.17. The molecular weight excluding hydrogens is 374 g/mol. The van der Waals surface area contributed by atoms with Crippen LogP contribution in [0.3, 0.4) is 0 Å². The molecule has 0 bridgehead atoms. The molecule has 1 atom stereocenters. The van der Waals surface area contributed by atoms with Crippen LogP contribution in [0.15, 0.2) is 53.0 Å². The molecule has 0 radical (unpaired) electrons. The van der Waals surface area contributed by atoms with Crippen LogP contribution in [-0.2, 0) is 9.53 Å². The number of urea groups is 1. The number of carbonyl (C=O) groups excluding carboxylic acids is 2. The molecule has 1 aromatic heterocycles. The number of benzene rings is 1. The number of nitrogens with zero attached hydrogens (tertiary/aromatic N) is 1. The molecular formula is C21H23N3O3S. The van der Waals surface area contributed by atoms with E-state index in [1.165, 1.54) is 0 Å². The zero-order valence-corrected chi connectivity index (χ0v) is 16.6. The highest BCUT2D eigenvalue weighted by Gasteiger charge is 2.39. The quantitative estimate of drug-likeness (QED) is 0.763. The molecule has 1 aliphatic heterocycles. The molecule has 7 heteroatoms. The lowest BCUT2D eigenvalue weighted by Gasteiger charge is -2.33. The van der Waals surface area contributed by atoms with Crippen LogP contribution in [0.2, 0.25) is 0 Å². The fourth-order valence-corrected chi connectivity index (χ4v) is 4.64. The zero-order valence-electron chi connectivity index (χ0n) is 15.7. The highest BCUT2D eigenvalue weighted by Crippen LogP contribution is 2.45. The number of allylic oxidation sites excluding steroid dienone is 1. The van der Waals surface area contributed by atoms with Crippen molar-refractivity contribution in [2.75, 3.05) is 30.5 Å². The molecule has 2 heterocycles. The van der Waals surface area contributed by atoms with Crippen molar-refractivity contribution in [3.8, 4) is 0 Å². The Hall–Kier alpha value is -2.64. The first-order chi connectivity index (χ1) is 13.7. The van der Waals surface area contributed by atoms with E-state index in [0.717, 1.165) is 34.8 Å². The van der Waals surface area contributed by atoms with Gasteiger partial charge in [-0.15, -0.1) is 11.3 Å². The van der Waals surface area contributed by atoms with Crippen molar-refractivity contribution in [3.63, 3.8) is 0 Å². The molecule has 2 aliphatic rings. The van der Waals surface area contributed by atoms with Crippen LogP contribution in [-0.4, -0.2) is 32.1 Å². The van der Waals surface area contributed by atoms with Crippen molar-refractivity contribution in [1.29, 1.82) is 0 Å². The molecule has 4 rings (SSSR count). The van der Waals surface area contributed by atoms with E-state index in [4.69, 9.17) is 4.74 Å². The van der Waals surface area contributed by atoms with Gasteiger partial charge in [-0.25, -0.2) is 4.79 Å². The highest BCUT2D eigenvalue weighted by molar-refractivity contribution is 7.10. The van der Waals surface area contributed by atoms with Gasteiger partial charge in [-0.2, -0.15) is 0 Å². The number of rotatable bonds is 4. The summed E-state index contributed by atoms with van der Waals surface area (Å²) in [7, 11) is 1.60. The Labute approximate surface area is 168 Å². The van der Waals surface area contributed by atoms with Crippen LogP contribution in [0.5, 0.6) is 0 Å². The van der Waals surface area contributed by atoms with Gasteiger partial charge in [-0.05, 0) is 36.4 Å². The molecule has 2 aromatic rings.